The molecule has 1 N–H and O–H groups in total. The molecule has 2 unspecified atom stereocenters. The molecule has 2 amide bonds. The smallest absolute Gasteiger partial charge is 0.410 e. The molecule has 0 radical (unpaired) electrons. The van der Waals surface area contributed by atoms with Gasteiger partial charge in [0.15, 0.2) is 0 Å². The summed E-state index contributed by atoms with van der Waals surface area (Å²) >= 11 is 0. The van der Waals surface area contributed by atoms with Crippen LogP contribution in [-0.4, -0.2) is 64.3 Å². The van der Waals surface area contributed by atoms with Crippen LogP contribution in [0.15, 0.2) is 0 Å². The second kappa shape index (κ2) is 4.35. The van der Waals surface area contributed by atoms with Crippen LogP contribution in [0, 0.1) is 11.8 Å². The number of carbonyl (C=O) groups excluding carboxylic acids is 2. The molecule has 3 rings (SSSR count). The average molecular weight is 282 g/mol. The fourth-order valence-electron chi connectivity index (χ4n) is 3.42. The third-order valence-electron chi connectivity index (χ3n) is 4.37. The van der Waals surface area contributed by atoms with Crippen molar-refractivity contribution in [3.05, 3.63) is 0 Å². The van der Waals surface area contributed by atoms with Crippen molar-refractivity contribution < 1.29 is 19.4 Å². The number of nitrogens with zero attached hydrogens (tertiary/aromatic N) is 2. The maximum atomic E-state index is 12.0. The zero-order valence-corrected chi connectivity index (χ0v) is 12.2. The summed E-state index contributed by atoms with van der Waals surface area (Å²) in [7, 11) is 0. The Labute approximate surface area is 118 Å². The van der Waals surface area contributed by atoms with Crippen molar-refractivity contribution in [2.24, 2.45) is 11.8 Å². The van der Waals surface area contributed by atoms with Crippen LogP contribution < -0.4 is 0 Å². The topological polar surface area (TPSA) is 70.1 Å². The summed E-state index contributed by atoms with van der Waals surface area (Å²) in [6, 6.07) is 0.221. The molecular formula is C14H22N2O4. The molecule has 20 heavy (non-hydrogen) atoms. The molecule has 4 atom stereocenters. The summed E-state index contributed by atoms with van der Waals surface area (Å²) in [5.41, 5.74) is -0.474. The molecule has 2 saturated heterocycles. The summed E-state index contributed by atoms with van der Waals surface area (Å²) in [4.78, 5) is 27.3. The second-order valence-corrected chi connectivity index (χ2v) is 7.04. The zero-order valence-electron chi connectivity index (χ0n) is 12.2. The van der Waals surface area contributed by atoms with E-state index in [0.717, 1.165) is 0 Å². The number of fused-ring (bicyclic) bond motifs is 1. The van der Waals surface area contributed by atoms with E-state index in [-0.39, 0.29) is 18.0 Å². The predicted molar refractivity (Wildman–Crippen MR) is 70.9 cm³/mol. The van der Waals surface area contributed by atoms with Gasteiger partial charge < -0.3 is 19.6 Å². The lowest BCUT2D eigenvalue weighted by molar-refractivity contribution is -0.135. The van der Waals surface area contributed by atoms with E-state index in [1.54, 1.807) is 9.80 Å². The average Bonchev–Trinajstić information content (AvgIpc) is 2.70. The molecule has 6 heteroatoms. The van der Waals surface area contributed by atoms with Crippen molar-refractivity contribution in [2.45, 2.75) is 44.9 Å². The minimum Gasteiger partial charge on any atom is -0.444 e. The summed E-state index contributed by atoms with van der Waals surface area (Å²) in [5, 5.41) is 9.50. The van der Waals surface area contributed by atoms with Gasteiger partial charge in [-0.1, -0.05) is 0 Å². The Bertz CT molecular complexity index is 433. The lowest BCUT2D eigenvalue weighted by atomic mass is 10.2. The van der Waals surface area contributed by atoms with E-state index in [4.69, 9.17) is 4.74 Å². The first-order chi connectivity index (χ1) is 9.28. The fourth-order valence-corrected chi connectivity index (χ4v) is 3.42. The van der Waals surface area contributed by atoms with E-state index in [9.17, 15) is 14.7 Å². The van der Waals surface area contributed by atoms with Gasteiger partial charge in [0.2, 0.25) is 0 Å². The van der Waals surface area contributed by atoms with Crippen molar-refractivity contribution in [1.82, 2.24) is 9.80 Å². The van der Waals surface area contributed by atoms with Gasteiger partial charge >= 0.3 is 6.09 Å². The van der Waals surface area contributed by atoms with Gasteiger partial charge in [0, 0.05) is 37.5 Å². The quantitative estimate of drug-likeness (QED) is 0.758. The van der Waals surface area contributed by atoms with Gasteiger partial charge in [-0.25, -0.2) is 4.79 Å². The number of piperidine rings is 1. The van der Waals surface area contributed by atoms with E-state index < -0.39 is 11.7 Å². The van der Waals surface area contributed by atoms with Gasteiger partial charge in [-0.15, -0.1) is 0 Å². The van der Waals surface area contributed by atoms with Crippen LogP contribution in [0.4, 0.5) is 4.79 Å². The first kappa shape index (κ1) is 13.7. The van der Waals surface area contributed by atoms with E-state index >= 15 is 0 Å². The fraction of sp³-hybridized carbons (Fsp3) is 0.857. The Kier molecular flexibility index (Phi) is 2.97. The molecular weight excluding hydrogens is 260 g/mol. The minimum absolute atomic E-state index is 0.145. The van der Waals surface area contributed by atoms with Crippen LogP contribution in [0.25, 0.3) is 0 Å². The molecule has 2 heterocycles. The normalized spacial score (nSPS) is 36.3. The van der Waals surface area contributed by atoms with E-state index in [2.05, 4.69) is 0 Å². The van der Waals surface area contributed by atoms with Crippen LogP contribution in [0.3, 0.4) is 0 Å². The van der Waals surface area contributed by atoms with Gasteiger partial charge in [0.1, 0.15) is 11.7 Å². The molecule has 2 aliphatic heterocycles. The number of ether oxygens (including phenoxy) is 1. The first-order valence-corrected chi connectivity index (χ1v) is 7.24. The molecule has 0 spiro atoms. The number of rotatable bonds is 1. The van der Waals surface area contributed by atoms with Gasteiger partial charge in [-0.05, 0) is 27.2 Å². The van der Waals surface area contributed by atoms with Crippen LogP contribution in [0.2, 0.25) is 0 Å². The summed E-state index contributed by atoms with van der Waals surface area (Å²) in [6.45, 7) is 7.52. The van der Waals surface area contributed by atoms with Crippen molar-refractivity contribution in [3.8, 4) is 0 Å². The minimum atomic E-state index is -0.821. The molecule has 1 aliphatic carbocycles. The highest BCUT2D eigenvalue weighted by molar-refractivity contribution is 5.83. The lowest BCUT2D eigenvalue weighted by Crippen LogP contribution is -2.41. The zero-order chi connectivity index (χ0) is 14.7. The van der Waals surface area contributed by atoms with Crippen LogP contribution in [-0.2, 0) is 9.53 Å². The van der Waals surface area contributed by atoms with Gasteiger partial charge in [-0.2, -0.15) is 0 Å². The largest absolute Gasteiger partial charge is 0.444 e. The Morgan fingerprint density at radius 2 is 1.90 bits per heavy atom. The Morgan fingerprint density at radius 1 is 1.30 bits per heavy atom. The predicted octanol–water partition coefficient (Wildman–Crippen LogP) is 0.445. The number of aliphatic hydroxyl groups excluding tert-OH is 1. The molecule has 3 fully saturated rings. The van der Waals surface area contributed by atoms with Crippen LogP contribution in [0.1, 0.15) is 27.2 Å². The molecule has 0 aromatic carbocycles. The van der Waals surface area contributed by atoms with Gasteiger partial charge in [0.05, 0.1) is 0 Å². The van der Waals surface area contributed by atoms with E-state index in [1.807, 2.05) is 20.8 Å². The maximum absolute atomic E-state index is 12.0. The van der Waals surface area contributed by atoms with E-state index in [0.29, 0.717) is 37.9 Å². The van der Waals surface area contributed by atoms with Gasteiger partial charge in [0.25, 0.3) is 5.91 Å². The third kappa shape index (κ3) is 2.26. The second-order valence-electron chi connectivity index (χ2n) is 7.04. The number of amides is 2. The molecule has 6 nitrogen and oxygen atoms in total. The standard InChI is InChI=1S/C14H22N2O4/c1-14(2,3)20-13(19)15-6-8-9(7-15)11(8)16-5-4-10(17)12(16)18/h8-11,17H,4-7H2,1-3H3/t8-,9+,10?,11?. The molecule has 0 aromatic rings. The maximum Gasteiger partial charge on any atom is 0.410 e. The van der Waals surface area contributed by atoms with Crippen molar-refractivity contribution in [1.29, 1.82) is 0 Å². The van der Waals surface area contributed by atoms with E-state index in [1.165, 1.54) is 0 Å². The summed E-state index contributed by atoms with van der Waals surface area (Å²) < 4.78 is 5.36. The third-order valence-corrected chi connectivity index (χ3v) is 4.37. The van der Waals surface area contributed by atoms with Crippen LogP contribution in [0.5, 0.6) is 0 Å². The molecule has 0 bridgehead atoms. The highest BCUT2D eigenvalue weighted by atomic mass is 16.6. The summed E-state index contributed by atoms with van der Waals surface area (Å²) in [5.74, 6) is 0.571. The Balaban J connectivity index is 1.53. The lowest BCUT2D eigenvalue weighted by Gasteiger charge is -2.27. The van der Waals surface area contributed by atoms with Crippen LogP contribution >= 0.6 is 0 Å². The summed E-state index contributed by atoms with van der Waals surface area (Å²) in [6.07, 6.45) is -0.556. The van der Waals surface area contributed by atoms with Crippen molar-refractivity contribution in [3.63, 3.8) is 0 Å². The first-order valence-electron chi connectivity index (χ1n) is 7.24. The molecule has 1 saturated carbocycles. The van der Waals surface area contributed by atoms with Gasteiger partial charge in [-0.3, -0.25) is 4.79 Å². The van der Waals surface area contributed by atoms with Crippen molar-refractivity contribution >= 4 is 12.0 Å². The number of aliphatic hydroxyl groups is 1. The number of carbonyl (C=O) groups is 2. The molecule has 0 aromatic heterocycles. The van der Waals surface area contributed by atoms with Crippen molar-refractivity contribution in [2.75, 3.05) is 19.6 Å². The number of hydrogen-bond donors (Lipinski definition) is 1. The monoisotopic (exact) mass is 282 g/mol. The SMILES string of the molecule is CC(C)(C)OC(=O)N1C[C@@H]2C(N3CCC(O)C3=O)[C@@H]2C1. The highest BCUT2D eigenvalue weighted by Crippen LogP contribution is 2.50. The Hall–Kier alpha value is -1.30. The number of hydrogen-bond acceptors (Lipinski definition) is 4. The Morgan fingerprint density at radius 3 is 2.35 bits per heavy atom. The number of likely N-dealkylation sites (tertiary alicyclic amines) is 2. The highest BCUT2D eigenvalue weighted by Gasteiger charge is 2.61. The molecule has 112 valence electrons. The molecule has 3 aliphatic rings.